The van der Waals surface area contributed by atoms with Crippen molar-refractivity contribution in [1.29, 1.82) is 0 Å². The van der Waals surface area contributed by atoms with E-state index in [0.717, 1.165) is 19.4 Å². The van der Waals surface area contributed by atoms with E-state index in [0.29, 0.717) is 18.5 Å². The lowest BCUT2D eigenvalue weighted by Gasteiger charge is -2.32. The van der Waals surface area contributed by atoms with Gasteiger partial charge in [0.05, 0.1) is 5.92 Å². The van der Waals surface area contributed by atoms with Crippen LogP contribution < -0.4 is 0 Å². The van der Waals surface area contributed by atoms with E-state index in [-0.39, 0.29) is 12.6 Å². The maximum atomic E-state index is 12.5. The van der Waals surface area contributed by atoms with Crippen LogP contribution in [0.4, 0.5) is 4.79 Å². The van der Waals surface area contributed by atoms with E-state index < -0.39 is 11.9 Å². The molecule has 0 heterocycles. The summed E-state index contributed by atoms with van der Waals surface area (Å²) in [5.41, 5.74) is 0. The molecule has 1 N–H and O–H groups in total. The van der Waals surface area contributed by atoms with Crippen LogP contribution in [-0.4, -0.2) is 52.6 Å². The predicted molar refractivity (Wildman–Crippen MR) is 74.0 cm³/mol. The van der Waals surface area contributed by atoms with Gasteiger partial charge in [-0.1, -0.05) is 20.8 Å². The van der Waals surface area contributed by atoms with Gasteiger partial charge in [-0.3, -0.25) is 4.79 Å². The molecule has 2 amide bonds. The van der Waals surface area contributed by atoms with Crippen molar-refractivity contribution in [2.45, 2.75) is 46.6 Å². The predicted octanol–water partition coefficient (Wildman–Crippen LogP) is 2.27. The Balaban J connectivity index is 2.66. The minimum absolute atomic E-state index is 0.00759. The summed E-state index contributed by atoms with van der Waals surface area (Å²) in [6, 6.07) is 0.357. The number of aliphatic carboxylic acids is 1. The summed E-state index contributed by atoms with van der Waals surface area (Å²) in [4.78, 5) is 27.0. The number of carbonyl (C=O) groups is 2. The van der Waals surface area contributed by atoms with Gasteiger partial charge in [0.25, 0.3) is 0 Å². The first-order valence-electron chi connectivity index (χ1n) is 7.15. The Kier molecular flexibility index (Phi) is 5.63. The van der Waals surface area contributed by atoms with Gasteiger partial charge in [-0.15, -0.1) is 0 Å². The Hall–Kier alpha value is -1.26. The Bertz CT molecular complexity index is 327. The number of carbonyl (C=O) groups excluding carboxylic acids is 1. The third-order valence-electron chi connectivity index (χ3n) is 3.36. The molecule has 0 spiro atoms. The molecule has 1 rings (SSSR count). The number of amides is 2. The highest BCUT2D eigenvalue weighted by atomic mass is 16.4. The number of urea groups is 1. The fraction of sp³-hybridized carbons (Fsp3) is 0.857. The molecule has 0 aliphatic heterocycles. The van der Waals surface area contributed by atoms with Crippen molar-refractivity contribution < 1.29 is 14.7 Å². The van der Waals surface area contributed by atoms with E-state index in [4.69, 9.17) is 5.11 Å². The van der Waals surface area contributed by atoms with Gasteiger partial charge in [0, 0.05) is 25.7 Å². The summed E-state index contributed by atoms with van der Waals surface area (Å²) in [6.45, 7) is 9.32. The third-order valence-corrected chi connectivity index (χ3v) is 3.36. The second-order valence-electron chi connectivity index (χ2n) is 5.84. The highest BCUT2D eigenvalue weighted by Gasteiger charge is 2.35. The molecular formula is C14H26N2O3. The lowest BCUT2D eigenvalue weighted by molar-refractivity contribution is -0.141. The molecule has 0 radical (unpaired) electrons. The van der Waals surface area contributed by atoms with Crippen molar-refractivity contribution in [3.63, 3.8) is 0 Å². The summed E-state index contributed by atoms with van der Waals surface area (Å²) in [5, 5.41) is 8.96. The maximum Gasteiger partial charge on any atom is 0.320 e. The van der Waals surface area contributed by atoms with E-state index in [1.807, 2.05) is 11.8 Å². The number of rotatable bonds is 7. The number of nitrogens with zero attached hydrogens (tertiary/aromatic N) is 2. The molecule has 0 saturated heterocycles. The maximum absolute atomic E-state index is 12.5. The van der Waals surface area contributed by atoms with Crippen molar-refractivity contribution in [1.82, 2.24) is 9.80 Å². The first-order valence-corrected chi connectivity index (χ1v) is 7.15. The van der Waals surface area contributed by atoms with Crippen LogP contribution in [0.3, 0.4) is 0 Å². The van der Waals surface area contributed by atoms with Crippen molar-refractivity contribution in [2.24, 2.45) is 11.8 Å². The SMILES string of the molecule is CCN(CC(C)C(=O)O)C(=O)N(CC(C)C)C1CC1. The van der Waals surface area contributed by atoms with Crippen LogP contribution in [0, 0.1) is 11.8 Å². The highest BCUT2D eigenvalue weighted by Crippen LogP contribution is 2.28. The molecule has 1 atom stereocenters. The molecule has 110 valence electrons. The minimum Gasteiger partial charge on any atom is -0.481 e. The van der Waals surface area contributed by atoms with E-state index in [2.05, 4.69) is 13.8 Å². The molecular weight excluding hydrogens is 244 g/mol. The summed E-state index contributed by atoms with van der Waals surface area (Å²) >= 11 is 0. The molecule has 5 heteroatoms. The Morgan fingerprint density at radius 3 is 2.16 bits per heavy atom. The fourth-order valence-electron chi connectivity index (χ4n) is 2.10. The first kappa shape index (κ1) is 15.8. The van der Waals surface area contributed by atoms with Gasteiger partial charge in [-0.05, 0) is 25.7 Å². The van der Waals surface area contributed by atoms with E-state index in [1.165, 1.54) is 0 Å². The minimum atomic E-state index is -0.854. The highest BCUT2D eigenvalue weighted by molar-refractivity contribution is 5.76. The van der Waals surface area contributed by atoms with Crippen molar-refractivity contribution in [2.75, 3.05) is 19.6 Å². The Morgan fingerprint density at radius 1 is 1.21 bits per heavy atom. The van der Waals surface area contributed by atoms with Crippen LogP contribution in [0.15, 0.2) is 0 Å². The van der Waals surface area contributed by atoms with Gasteiger partial charge in [-0.25, -0.2) is 4.79 Å². The smallest absolute Gasteiger partial charge is 0.320 e. The van der Waals surface area contributed by atoms with E-state index in [9.17, 15) is 9.59 Å². The van der Waals surface area contributed by atoms with Crippen LogP contribution >= 0.6 is 0 Å². The van der Waals surface area contributed by atoms with Crippen molar-refractivity contribution in [3.8, 4) is 0 Å². The van der Waals surface area contributed by atoms with Crippen LogP contribution in [0.5, 0.6) is 0 Å². The quantitative estimate of drug-likeness (QED) is 0.772. The summed E-state index contributed by atoms with van der Waals surface area (Å²) in [6.07, 6.45) is 2.15. The molecule has 1 fully saturated rings. The number of carboxylic acid groups (broad SMARTS) is 1. The van der Waals surface area contributed by atoms with Gasteiger partial charge in [0.1, 0.15) is 0 Å². The third kappa shape index (κ3) is 4.73. The topological polar surface area (TPSA) is 60.9 Å². The number of hydrogen-bond donors (Lipinski definition) is 1. The number of carboxylic acids is 1. The molecule has 1 aliphatic carbocycles. The first-order chi connectivity index (χ1) is 8.86. The average molecular weight is 270 g/mol. The lowest BCUT2D eigenvalue weighted by atomic mass is 10.1. The van der Waals surface area contributed by atoms with Crippen LogP contribution in [0.1, 0.15) is 40.5 Å². The molecule has 0 aromatic carbocycles. The molecule has 5 nitrogen and oxygen atoms in total. The van der Waals surface area contributed by atoms with Crippen molar-refractivity contribution >= 4 is 12.0 Å². The summed E-state index contributed by atoms with van der Waals surface area (Å²) in [7, 11) is 0. The monoisotopic (exact) mass is 270 g/mol. The van der Waals surface area contributed by atoms with Crippen LogP contribution in [-0.2, 0) is 4.79 Å². The average Bonchev–Trinajstić information content (AvgIpc) is 3.15. The Morgan fingerprint density at radius 2 is 1.79 bits per heavy atom. The van der Waals surface area contributed by atoms with Crippen LogP contribution in [0.2, 0.25) is 0 Å². The van der Waals surface area contributed by atoms with Gasteiger partial charge in [0.15, 0.2) is 0 Å². The summed E-state index contributed by atoms with van der Waals surface area (Å²) in [5.74, 6) is -0.947. The summed E-state index contributed by atoms with van der Waals surface area (Å²) < 4.78 is 0. The molecule has 0 aromatic heterocycles. The Labute approximate surface area is 115 Å². The largest absolute Gasteiger partial charge is 0.481 e. The molecule has 1 aliphatic rings. The van der Waals surface area contributed by atoms with E-state index in [1.54, 1.807) is 11.8 Å². The van der Waals surface area contributed by atoms with Gasteiger partial charge >= 0.3 is 12.0 Å². The molecule has 1 saturated carbocycles. The van der Waals surface area contributed by atoms with Gasteiger partial charge in [-0.2, -0.15) is 0 Å². The zero-order valence-corrected chi connectivity index (χ0v) is 12.4. The van der Waals surface area contributed by atoms with Gasteiger partial charge < -0.3 is 14.9 Å². The molecule has 1 unspecified atom stereocenters. The lowest BCUT2D eigenvalue weighted by Crippen LogP contribution is -2.47. The number of hydrogen-bond acceptors (Lipinski definition) is 2. The standard InChI is InChI=1S/C14H26N2O3/c1-5-15(9-11(4)13(17)18)14(19)16(8-10(2)3)12-6-7-12/h10-12H,5-9H2,1-4H3,(H,17,18). The fourth-order valence-corrected chi connectivity index (χ4v) is 2.10. The molecule has 0 bridgehead atoms. The second kappa shape index (κ2) is 6.78. The molecule has 0 aromatic rings. The van der Waals surface area contributed by atoms with Crippen LogP contribution in [0.25, 0.3) is 0 Å². The normalized spacial score (nSPS) is 16.3. The van der Waals surface area contributed by atoms with Gasteiger partial charge in [0.2, 0.25) is 0 Å². The zero-order chi connectivity index (χ0) is 14.6. The van der Waals surface area contributed by atoms with Crippen molar-refractivity contribution in [3.05, 3.63) is 0 Å². The molecule has 19 heavy (non-hydrogen) atoms. The van der Waals surface area contributed by atoms with E-state index >= 15 is 0 Å². The zero-order valence-electron chi connectivity index (χ0n) is 12.4. The second-order valence-corrected chi connectivity index (χ2v) is 5.84.